The van der Waals surface area contributed by atoms with Gasteiger partial charge in [-0.1, -0.05) is 35.7 Å². The first-order valence-corrected chi connectivity index (χ1v) is 9.05. The molecule has 0 unspecified atom stereocenters. The summed E-state index contributed by atoms with van der Waals surface area (Å²) in [6.07, 6.45) is 5.04. The molecule has 2 aliphatic rings. The monoisotopic (exact) mass is 370 g/mol. The first-order chi connectivity index (χ1) is 11.1. The van der Waals surface area contributed by atoms with Crippen LogP contribution in [0, 0.1) is 0 Å². The molecule has 122 valence electrons. The van der Waals surface area contributed by atoms with Crippen LogP contribution < -0.4 is 0 Å². The summed E-state index contributed by atoms with van der Waals surface area (Å²) in [5.41, 5.74) is 0.569. The molecule has 0 N–H and O–H groups in total. The van der Waals surface area contributed by atoms with Crippen molar-refractivity contribution >= 4 is 52.2 Å². The summed E-state index contributed by atoms with van der Waals surface area (Å²) >= 11 is 13.2. The Balaban J connectivity index is 1.79. The second-order valence-electron chi connectivity index (χ2n) is 5.57. The molecule has 2 aliphatic heterocycles. The van der Waals surface area contributed by atoms with Gasteiger partial charge in [0.15, 0.2) is 0 Å². The molecule has 3 rings (SSSR count). The van der Waals surface area contributed by atoms with Crippen LogP contribution in [-0.2, 0) is 4.79 Å². The molecule has 7 heteroatoms. The molecule has 23 heavy (non-hydrogen) atoms. The molecule has 2 amide bonds. The van der Waals surface area contributed by atoms with Gasteiger partial charge in [0.1, 0.15) is 0 Å². The molecular weight excluding hydrogens is 355 g/mol. The van der Waals surface area contributed by atoms with Crippen molar-refractivity contribution in [3.8, 4) is 0 Å². The number of carbonyl (C=O) groups is 2. The normalized spacial score (nSPS) is 21.5. The zero-order valence-corrected chi connectivity index (χ0v) is 14.8. The highest BCUT2D eigenvalue weighted by Crippen LogP contribution is 2.35. The van der Waals surface area contributed by atoms with Crippen molar-refractivity contribution in [2.45, 2.75) is 19.3 Å². The van der Waals surface area contributed by atoms with Crippen molar-refractivity contribution in [1.82, 2.24) is 9.80 Å². The van der Waals surface area contributed by atoms with E-state index in [9.17, 15) is 9.59 Å². The minimum absolute atomic E-state index is 0.241. The van der Waals surface area contributed by atoms with Crippen molar-refractivity contribution in [2.24, 2.45) is 0 Å². The number of likely N-dealkylation sites (tertiary alicyclic amines) is 1. The minimum atomic E-state index is -0.276. The van der Waals surface area contributed by atoms with E-state index >= 15 is 0 Å². The topological polar surface area (TPSA) is 40.6 Å². The Bertz CT molecular complexity index is 652. The molecule has 0 aliphatic carbocycles. The van der Waals surface area contributed by atoms with Gasteiger partial charge in [-0.15, -0.1) is 0 Å². The van der Waals surface area contributed by atoms with Gasteiger partial charge in [0, 0.05) is 15.6 Å². The number of rotatable bonds is 3. The van der Waals surface area contributed by atoms with E-state index in [2.05, 4.69) is 4.90 Å². The van der Waals surface area contributed by atoms with E-state index in [1.807, 2.05) is 0 Å². The summed E-state index contributed by atoms with van der Waals surface area (Å²) in [5.74, 6) is -0.276. The van der Waals surface area contributed by atoms with Gasteiger partial charge in [-0.05, 0) is 55.9 Å². The van der Waals surface area contributed by atoms with E-state index in [1.54, 1.807) is 24.3 Å². The number of halogens is 2. The highest BCUT2D eigenvalue weighted by Gasteiger charge is 2.36. The van der Waals surface area contributed by atoms with Gasteiger partial charge in [0.2, 0.25) is 0 Å². The summed E-state index contributed by atoms with van der Waals surface area (Å²) in [6.45, 7) is 2.21. The van der Waals surface area contributed by atoms with Crippen LogP contribution in [-0.4, -0.2) is 40.7 Å². The molecular formula is C16H16Cl2N2O2S. The molecule has 1 aromatic rings. The molecule has 2 fully saturated rings. The van der Waals surface area contributed by atoms with E-state index in [1.165, 1.54) is 11.3 Å². The highest BCUT2D eigenvalue weighted by molar-refractivity contribution is 8.18. The number of piperidine rings is 1. The van der Waals surface area contributed by atoms with Gasteiger partial charge in [-0.2, -0.15) is 0 Å². The van der Waals surface area contributed by atoms with Crippen LogP contribution in [0.1, 0.15) is 24.8 Å². The molecule has 2 heterocycles. The summed E-state index contributed by atoms with van der Waals surface area (Å²) in [4.78, 5) is 28.5. The first kappa shape index (κ1) is 16.8. The number of hydrogen-bond donors (Lipinski definition) is 0. The Hall–Kier alpha value is -1.01. The fraction of sp³-hybridized carbons (Fsp3) is 0.375. The van der Waals surface area contributed by atoms with Crippen molar-refractivity contribution < 1.29 is 9.59 Å². The zero-order chi connectivity index (χ0) is 16.4. The van der Waals surface area contributed by atoms with Crippen LogP contribution in [0.5, 0.6) is 0 Å². The Kier molecular flexibility index (Phi) is 5.31. The van der Waals surface area contributed by atoms with Crippen LogP contribution in [0.2, 0.25) is 10.0 Å². The third kappa shape index (κ3) is 3.74. The molecule has 0 spiro atoms. The van der Waals surface area contributed by atoms with Crippen LogP contribution in [0.4, 0.5) is 4.79 Å². The third-order valence-corrected chi connectivity index (χ3v) is 5.51. The number of hydrogen-bond acceptors (Lipinski definition) is 4. The van der Waals surface area contributed by atoms with Gasteiger partial charge in [0.25, 0.3) is 11.1 Å². The SMILES string of the molecule is O=C1S/C(=C\c2c(Cl)cccc2Cl)C(=O)N1CN1CCCCC1. The van der Waals surface area contributed by atoms with Crippen LogP contribution in [0.3, 0.4) is 0 Å². The molecule has 4 nitrogen and oxygen atoms in total. The second kappa shape index (κ2) is 7.26. The Morgan fingerprint density at radius 1 is 1.09 bits per heavy atom. The lowest BCUT2D eigenvalue weighted by Crippen LogP contribution is -2.42. The van der Waals surface area contributed by atoms with E-state index in [-0.39, 0.29) is 11.1 Å². The number of benzene rings is 1. The quantitative estimate of drug-likeness (QED) is 0.735. The fourth-order valence-corrected chi connectivity index (χ4v) is 4.02. The summed E-state index contributed by atoms with van der Waals surface area (Å²) in [7, 11) is 0. The molecule has 0 aromatic heterocycles. The molecule has 2 saturated heterocycles. The van der Waals surface area contributed by atoms with Crippen LogP contribution in [0.15, 0.2) is 23.1 Å². The maximum absolute atomic E-state index is 12.5. The Labute approximate surface area is 149 Å². The van der Waals surface area contributed by atoms with Gasteiger partial charge in [-0.3, -0.25) is 19.4 Å². The second-order valence-corrected chi connectivity index (χ2v) is 7.37. The summed E-state index contributed by atoms with van der Waals surface area (Å²) in [5, 5.41) is 0.677. The van der Waals surface area contributed by atoms with Crippen molar-refractivity contribution in [1.29, 1.82) is 0 Å². The number of amides is 2. The third-order valence-electron chi connectivity index (χ3n) is 3.94. The van der Waals surface area contributed by atoms with Crippen molar-refractivity contribution in [3.63, 3.8) is 0 Å². The van der Waals surface area contributed by atoms with E-state index in [0.717, 1.165) is 37.7 Å². The van der Waals surface area contributed by atoms with Crippen molar-refractivity contribution in [2.75, 3.05) is 19.8 Å². The lowest BCUT2D eigenvalue weighted by molar-refractivity contribution is -0.124. The number of thioether (sulfide) groups is 1. The molecule has 1 aromatic carbocycles. The number of imide groups is 1. The molecule has 0 radical (unpaired) electrons. The van der Waals surface area contributed by atoms with E-state index in [0.29, 0.717) is 27.2 Å². The average molecular weight is 371 g/mol. The molecule has 0 saturated carbocycles. The number of carbonyl (C=O) groups excluding carboxylic acids is 2. The maximum Gasteiger partial charge on any atom is 0.294 e. The minimum Gasteiger partial charge on any atom is -0.286 e. The number of nitrogens with zero attached hydrogens (tertiary/aromatic N) is 2. The Morgan fingerprint density at radius 3 is 2.39 bits per heavy atom. The lowest BCUT2D eigenvalue weighted by Gasteiger charge is -2.29. The predicted octanol–water partition coefficient (Wildman–Crippen LogP) is 4.47. The lowest BCUT2D eigenvalue weighted by atomic mass is 10.1. The maximum atomic E-state index is 12.5. The van der Waals surface area contributed by atoms with Crippen LogP contribution >= 0.6 is 35.0 Å². The summed E-state index contributed by atoms with van der Waals surface area (Å²) in [6, 6.07) is 5.15. The van der Waals surface area contributed by atoms with Crippen molar-refractivity contribution in [3.05, 3.63) is 38.7 Å². The molecule has 0 bridgehead atoms. The van der Waals surface area contributed by atoms with Gasteiger partial charge in [-0.25, -0.2) is 0 Å². The van der Waals surface area contributed by atoms with Gasteiger partial charge in [0.05, 0.1) is 11.6 Å². The van der Waals surface area contributed by atoms with E-state index < -0.39 is 0 Å². The van der Waals surface area contributed by atoms with Gasteiger partial charge < -0.3 is 0 Å². The predicted molar refractivity (Wildman–Crippen MR) is 94.6 cm³/mol. The Morgan fingerprint density at radius 2 is 1.74 bits per heavy atom. The standard InChI is InChI=1S/C16H16Cl2N2O2S/c17-12-5-4-6-13(18)11(12)9-14-15(21)20(16(22)23-14)10-19-7-2-1-3-8-19/h4-6,9H,1-3,7-8,10H2/b14-9-. The summed E-state index contributed by atoms with van der Waals surface area (Å²) < 4.78 is 0. The first-order valence-electron chi connectivity index (χ1n) is 7.48. The molecule has 0 atom stereocenters. The zero-order valence-electron chi connectivity index (χ0n) is 12.4. The van der Waals surface area contributed by atoms with E-state index in [4.69, 9.17) is 23.2 Å². The fourth-order valence-electron chi connectivity index (χ4n) is 2.70. The van der Waals surface area contributed by atoms with Gasteiger partial charge >= 0.3 is 0 Å². The average Bonchev–Trinajstić information content (AvgIpc) is 2.80. The van der Waals surface area contributed by atoms with Crippen LogP contribution in [0.25, 0.3) is 6.08 Å². The largest absolute Gasteiger partial charge is 0.294 e. The smallest absolute Gasteiger partial charge is 0.286 e. The highest BCUT2D eigenvalue weighted by atomic mass is 35.5.